The largest absolute Gasteiger partial charge is 0.366 e. The number of nitro benzene ring substituents is 1. The SMILES string of the molecule is CC.O=C1NCNC12CCN(c1ccccc1[N+](=O)[O-])CC2. The van der Waals surface area contributed by atoms with Gasteiger partial charge in [0, 0.05) is 19.2 Å². The maximum atomic E-state index is 11.9. The second-order valence-corrected chi connectivity index (χ2v) is 5.17. The van der Waals surface area contributed by atoms with Gasteiger partial charge in [-0.3, -0.25) is 20.2 Å². The van der Waals surface area contributed by atoms with Gasteiger partial charge >= 0.3 is 0 Å². The summed E-state index contributed by atoms with van der Waals surface area (Å²) in [5.41, 5.74) is 0.262. The molecular formula is C15H22N4O3. The Kier molecular flexibility index (Phi) is 4.97. The van der Waals surface area contributed by atoms with Crippen molar-refractivity contribution in [2.45, 2.75) is 32.2 Å². The highest BCUT2D eigenvalue weighted by Gasteiger charge is 2.44. The van der Waals surface area contributed by atoms with Gasteiger partial charge in [0.05, 0.1) is 11.6 Å². The van der Waals surface area contributed by atoms with Crippen LogP contribution in [0.1, 0.15) is 26.7 Å². The van der Waals surface area contributed by atoms with Crippen LogP contribution < -0.4 is 15.5 Å². The molecule has 1 aromatic rings. The number of hydrogen-bond donors (Lipinski definition) is 2. The summed E-state index contributed by atoms with van der Waals surface area (Å²) in [5, 5.41) is 17.1. The lowest BCUT2D eigenvalue weighted by molar-refractivity contribution is -0.384. The van der Waals surface area contributed by atoms with Gasteiger partial charge in [-0.05, 0) is 18.9 Å². The molecule has 1 amide bonds. The Hall–Kier alpha value is -2.15. The number of rotatable bonds is 2. The second-order valence-electron chi connectivity index (χ2n) is 5.17. The highest BCUT2D eigenvalue weighted by Crippen LogP contribution is 2.33. The van der Waals surface area contributed by atoms with Gasteiger partial charge < -0.3 is 10.2 Å². The van der Waals surface area contributed by atoms with Crippen molar-refractivity contribution in [1.82, 2.24) is 10.6 Å². The molecular weight excluding hydrogens is 284 g/mol. The van der Waals surface area contributed by atoms with Crippen LogP contribution in [0.5, 0.6) is 0 Å². The maximum Gasteiger partial charge on any atom is 0.292 e. The van der Waals surface area contributed by atoms with Crippen molar-refractivity contribution < 1.29 is 9.72 Å². The number of anilines is 1. The van der Waals surface area contributed by atoms with E-state index in [-0.39, 0.29) is 16.5 Å². The molecule has 0 unspecified atom stereocenters. The molecule has 2 heterocycles. The molecule has 7 nitrogen and oxygen atoms in total. The molecule has 0 saturated carbocycles. The lowest BCUT2D eigenvalue weighted by atomic mass is 9.87. The van der Waals surface area contributed by atoms with Gasteiger partial charge in [0.1, 0.15) is 11.2 Å². The fraction of sp³-hybridized carbons (Fsp3) is 0.533. The number of benzene rings is 1. The molecule has 1 spiro atoms. The van der Waals surface area contributed by atoms with Crippen LogP contribution in [-0.4, -0.2) is 36.1 Å². The lowest BCUT2D eigenvalue weighted by Gasteiger charge is -2.38. The average molecular weight is 306 g/mol. The summed E-state index contributed by atoms with van der Waals surface area (Å²) in [5.74, 6) is 0.0414. The van der Waals surface area contributed by atoms with Gasteiger partial charge in [-0.2, -0.15) is 0 Å². The smallest absolute Gasteiger partial charge is 0.292 e. The molecule has 0 aromatic heterocycles. The number of nitro groups is 1. The molecule has 2 aliphatic heterocycles. The summed E-state index contributed by atoms with van der Waals surface area (Å²) >= 11 is 0. The normalized spacial score (nSPS) is 19.4. The lowest BCUT2D eigenvalue weighted by Crippen LogP contribution is -2.54. The third kappa shape index (κ3) is 2.89. The minimum Gasteiger partial charge on any atom is -0.366 e. The number of amides is 1. The molecule has 7 heteroatoms. The summed E-state index contributed by atoms with van der Waals surface area (Å²) in [6.07, 6.45) is 1.32. The standard InChI is InChI=1S/C13H16N4O3.C2H6/c18-12-13(15-9-14-12)5-7-16(8-6-13)10-3-1-2-4-11(10)17(19)20;1-2/h1-4,15H,5-9H2,(H,14,18);1-2H3. The molecule has 0 radical (unpaired) electrons. The van der Waals surface area contributed by atoms with E-state index in [0.717, 1.165) is 0 Å². The molecule has 0 atom stereocenters. The van der Waals surface area contributed by atoms with E-state index in [9.17, 15) is 14.9 Å². The molecule has 2 aliphatic rings. The van der Waals surface area contributed by atoms with E-state index in [1.54, 1.807) is 18.2 Å². The van der Waals surface area contributed by atoms with E-state index < -0.39 is 5.54 Å². The third-order valence-corrected chi connectivity index (χ3v) is 4.15. The Bertz CT molecular complexity index is 553. The monoisotopic (exact) mass is 306 g/mol. The summed E-state index contributed by atoms with van der Waals surface area (Å²) < 4.78 is 0. The Balaban J connectivity index is 0.000000847. The number of carbonyl (C=O) groups excluding carboxylic acids is 1. The van der Waals surface area contributed by atoms with Gasteiger partial charge in [0.25, 0.3) is 5.69 Å². The van der Waals surface area contributed by atoms with Gasteiger partial charge in [-0.25, -0.2) is 0 Å². The zero-order valence-electron chi connectivity index (χ0n) is 13.0. The molecule has 0 aliphatic carbocycles. The summed E-state index contributed by atoms with van der Waals surface area (Å²) in [6, 6.07) is 6.74. The first-order valence-corrected chi connectivity index (χ1v) is 7.64. The molecule has 2 N–H and O–H groups in total. The minimum atomic E-state index is -0.486. The van der Waals surface area contributed by atoms with Crippen molar-refractivity contribution in [1.29, 1.82) is 0 Å². The highest BCUT2D eigenvalue weighted by molar-refractivity contribution is 5.88. The Labute approximate surface area is 129 Å². The van der Waals surface area contributed by atoms with Crippen molar-refractivity contribution in [2.75, 3.05) is 24.7 Å². The third-order valence-electron chi connectivity index (χ3n) is 4.15. The maximum absolute atomic E-state index is 11.9. The number of nitrogens with one attached hydrogen (secondary N) is 2. The number of nitrogens with zero attached hydrogens (tertiary/aromatic N) is 2. The van der Waals surface area contributed by atoms with Crippen LogP contribution in [0.4, 0.5) is 11.4 Å². The van der Waals surface area contributed by atoms with Crippen LogP contribution >= 0.6 is 0 Å². The fourth-order valence-corrected chi connectivity index (χ4v) is 2.96. The van der Waals surface area contributed by atoms with E-state index >= 15 is 0 Å². The molecule has 0 bridgehead atoms. The van der Waals surface area contributed by atoms with E-state index in [1.807, 2.05) is 18.7 Å². The quantitative estimate of drug-likeness (QED) is 0.640. The van der Waals surface area contributed by atoms with E-state index in [1.165, 1.54) is 6.07 Å². The van der Waals surface area contributed by atoms with Crippen LogP contribution in [0.15, 0.2) is 24.3 Å². The average Bonchev–Trinajstić information content (AvgIpc) is 2.91. The van der Waals surface area contributed by atoms with Crippen molar-refractivity contribution in [3.63, 3.8) is 0 Å². The van der Waals surface area contributed by atoms with Crippen LogP contribution in [-0.2, 0) is 4.79 Å². The predicted octanol–water partition coefficient (Wildman–Crippen LogP) is 1.64. The van der Waals surface area contributed by atoms with Gasteiger partial charge in [0.2, 0.25) is 5.91 Å². The highest BCUT2D eigenvalue weighted by atomic mass is 16.6. The van der Waals surface area contributed by atoms with Crippen LogP contribution in [0.2, 0.25) is 0 Å². The Morgan fingerprint density at radius 2 is 1.86 bits per heavy atom. The molecule has 1 aromatic carbocycles. The van der Waals surface area contributed by atoms with Crippen molar-refractivity contribution in [2.24, 2.45) is 0 Å². The van der Waals surface area contributed by atoms with Crippen molar-refractivity contribution in [3.05, 3.63) is 34.4 Å². The van der Waals surface area contributed by atoms with E-state index in [0.29, 0.717) is 38.3 Å². The predicted molar refractivity (Wildman–Crippen MR) is 84.8 cm³/mol. The van der Waals surface area contributed by atoms with E-state index in [2.05, 4.69) is 10.6 Å². The zero-order chi connectivity index (χ0) is 16.2. The van der Waals surface area contributed by atoms with Crippen molar-refractivity contribution in [3.8, 4) is 0 Å². The van der Waals surface area contributed by atoms with Crippen LogP contribution in [0.3, 0.4) is 0 Å². The molecule has 22 heavy (non-hydrogen) atoms. The van der Waals surface area contributed by atoms with Crippen LogP contribution in [0, 0.1) is 10.1 Å². The summed E-state index contributed by atoms with van der Waals surface area (Å²) in [4.78, 5) is 24.6. The topological polar surface area (TPSA) is 87.5 Å². The molecule has 120 valence electrons. The first kappa shape index (κ1) is 16.2. The zero-order valence-corrected chi connectivity index (χ0v) is 13.0. The Morgan fingerprint density at radius 1 is 1.23 bits per heavy atom. The summed E-state index contributed by atoms with van der Waals surface area (Å²) in [7, 11) is 0. The van der Waals surface area contributed by atoms with Gasteiger partial charge in [-0.15, -0.1) is 0 Å². The summed E-state index contributed by atoms with van der Waals surface area (Å²) in [6.45, 7) is 5.76. The molecule has 2 fully saturated rings. The molecule has 2 saturated heterocycles. The first-order chi connectivity index (χ1) is 10.6. The number of carbonyl (C=O) groups is 1. The number of para-hydroxylation sites is 2. The van der Waals surface area contributed by atoms with Crippen LogP contribution in [0.25, 0.3) is 0 Å². The van der Waals surface area contributed by atoms with Gasteiger partial charge in [0.15, 0.2) is 0 Å². The van der Waals surface area contributed by atoms with Gasteiger partial charge in [-0.1, -0.05) is 26.0 Å². The Morgan fingerprint density at radius 3 is 2.41 bits per heavy atom. The fourth-order valence-electron chi connectivity index (χ4n) is 2.96. The second kappa shape index (κ2) is 6.74. The molecule has 3 rings (SSSR count). The van der Waals surface area contributed by atoms with E-state index in [4.69, 9.17) is 0 Å². The number of piperidine rings is 1. The minimum absolute atomic E-state index is 0.0414. The first-order valence-electron chi connectivity index (χ1n) is 7.64. The number of hydrogen-bond acceptors (Lipinski definition) is 5. The van der Waals surface area contributed by atoms with Crippen molar-refractivity contribution >= 4 is 17.3 Å².